The highest BCUT2D eigenvalue weighted by atomic mass is 35.5. The van der Waals surface area contributed by atoms with E-state index >= 15 is 0 Å². The minimum absolute atomic E-state index is 0.0122. The zero-order valence-corrected chi connectivity index (χ0v) is 16.5. The van der Waals surface area contributed by atoms with Gasteiger partial charge in [-0.2, -0.15) is 0 Å². The zero-order chi connectivity index (χ0) is 19.9. The molecular formula is C18H21ClN2O5S. The van der Waals surface area contributed by atoms with Crippen LogP contribution >= 0.6 is 11.6 Å². The normalized spacial score (nSPS) is 12.3. The Labute approximate surface area is 163 Å². The Morgan fingerprint density at radius 1 is 1.19 bits per heavy atom. The van der Waals surface area contributed by atoms with Crippen molar-refractivity contribution in [2.24, 2.45) is 0 Å². The number of rotatable bonds is 9. The van der Waals surface area contributed by atoms with Gasteiger partial charge in [0.2, 0.25) is 0 Å². The number of hydrogen-bond donors (Lipinski definition) is 2. The largest absolute Gasteiger partial charge is 0.482 e. The number of ether oxygens (including phenoxy) is 2. The fourth-order valence-corrected chi connectivity index (χ4v) is 3.62. The van der Waals surface area contributed by atoms with Crippen LogP contribution in [-0.2, 0) is 19.6 Å². The van der Waals surface area contributed by atoms with E-state index in [0.29, 0.717) is 12.3 Å². The summed E-state index contributed by atoms with van der Waals surface area (Å²) in [5.74, 6) is -0.122. The molecule has 1 atom stereocenters. The Balaban J connectivity index is 2.01. The van der Waals surface area contributed by atoms with E-state index in [1.165, 1.54) is 18.2 Å². The molecule has 0 saturated heterocycles. The van der Waals surface area contributed by atoms with Crippen molar-refractivity contribution in [3.63, 3.8) is 0 Å². The number of methoxy groups -OCH3 is 1. The first kappa shape index (κ1) is 21.0. The summed E-state index contributed by atoms with van der Waals surface area (Å²) < 4.78 is 37.6. The average Bonchev–Trinajstić information content (AvgIpc) is 2.61. The summed E-state index contributed by atoms with van der Waals surface area (Å²) in [5, 5.41) is 2.78. The number of hydrogen-bond acceptors (Lipinski definition) is 5. The predicted molar refractivity (Wildman–Crippen MR) is 104 cm³/mol. The standard InChI is InChI=1S/C18H21ClN2O5S/c1-13(11-25-2)20-18(22)12-26-17-9-8-15(10-16(17)19)27(23,24)21-14-6-4-3-5-7-14/h3-10,13,21H,11-12H2,1-2H3,(H,20,22)/t13-/m0/s1. The Morgan fingerprint density at radius 3 is 2.52 bits per heavy atom. The third-order valence-electron chi connectivity index (χ3n) is 3.42. The van der Waals surface area contributed by atoms with E-state index in [1.807, 2.05) is 0 Å². The van der Waals surface area contributed by atoms with Crippen LogP contribution in [0.3, 0.4) is 0 Å². The second-order valence-corrected chi connectivity index (χ2v) is 7.87. The molecule has 0 radical (unpaired) electrons. The average molecular weight is 413 g/mol. The molecule has 0 aromatic heterocycles. The highest BCUT2D eigenvalue weighted by Gasteiger charge is 2.17. The minimum Gasteiger partial charge on any atom is -0.482 e. The van der Waals surface area contributed by atoms with Crippen LogP contribution in [0, 0.1) is 0 Å². The number of para-hydroxylation sites is 1. The van der Waals surface area contributed by atoms with Gasteiger partial charge in [-0.15, -0.1) is 0 Å². The summed E-state index contributed by atoms with van der Waals surface area (Å²) >= 11 is 6.11. The van der Waals surface area contributed by atoms with Gasteiger partial charge in [0, 0.05) is 18.8 Å². The van der Waals surface area contributed by atoms with Crippen LogP contribution in [0.5, 0.6) is 5.75 Å². The molecule has 2 aromatic rings. The van der Waals surface area contributed by atoms with Gasteiger partial charge in [0.1, 0.15) is 5.75 Å². The summed E-state index contributed by atoms with van der Waals surface area (Å²) in [6.45, 7) is 1.93. The predicted octanol–water partition coefficient (Wildman–Crippen LogP) is 2.67. The van der Waals surface area contributed by atoms with Crippen molar-refractivity contribution < 1.29 is 22.7 Å². The zero-order valence-electron chi connectivity index (χ0n) is 14.9. The SMILES string of the molecule is COC[C@H](C)NC(=O)COc1ccc(S(=O)(=O)Nc2ccccc2)cc1Cl. The van der Waals surface area contributed by atoms with E-state index in [1.54, 1.807) is 44.4 Å². The molecule has 0 saturated carbocycles. The fourth-order valence-electron chi connectivity index (χ4n) is 2.24. The van der Waals surface area contributed by atoms with Crippen LogP contribution in [0.2, 0.25) is 5.02 Å². The smallest absolute Gasteiger partial charge is 0.261 e. The van der Waals surface area contributed by atoms with Gasteiger partial charge < -0.3 is 14.8 Å². The van der Waals surface area contributed by atoms with Crippen LogP contribution in [-0.4, -0.2) is 40.7 Å². The van der Waals surface area contributed by atoms with E-state index < -0.39 is 10.0 Å². The van der Waals surface area contributed by atoms with Gasteiger partial charge in [0.05, 0.1) is 16.5 Å². The molecule has 0 aliphatic carbocycles. The number of carbonyl (C=O) groups is 1. The topological polar surface area (TPSA) is 93.7 Å². The molecule has 0 heterocycles. The number of anilines is 1. The Kier molecular flexibility index (Phi) is 7.46. The lowest BCUT2D eigenvalue weighted by atomic mass is 10.3. The molecule has 146 valence electrons. The maximum Gasteiger partial charge on any atom is 0.261 e. The maximum atomic E-state index is 12.4. The summed E-state index contributed by atoms with van der Waals surface area (Å²) in [7, 11) is -2.25. The quantitative estimate of drug-likeness (QED) is 0.660. The summed E-state index contributed by atoms with van der Waals surface area (Å²) in [5.41, 5.74) is 0.441. The van der Waals surface area contributed by atoms with Crippen molar-refractivity contribution in [2.75, 3.05) is 25.0 Å². The molecular weight excluding hydrogens is 392 g/mol. The molecule has 0 unspecified atom stereocenters. The number of halogens is 1. The van der Waals surface area contributed by atoms with Crippen molar-refractivity contribution in [1.82, 2.24) is 5.32 Å². The van der Waals surface area contributed by atoms with Gasteiger partial charge in [0.25, 0.3) is 15.9 Å². The first-order valence-electron chi connectivity index (χ1n) is 8.10. The number of amides is 1. The summed E-state index contributed by atoms with van der Waals surface area (Å²) in [6, 6.07) is 12.4. The molecule has 0 aliphatic heterocycles. The van der Waals surface area contributed by atoms with Crippen LogP contribution in [0.1, 0.15) is 6.92 Å². The van der Waals surface area contributed by atoms with Crippen LogP contribution < -0.4 is 14.8 Å². The molecule has 2 N–H and O–H groups in total. The molecule has 0 aliphatic rings. The monoisotopic (exact) mass is 412 g/mol. The van der Waals surface area contributed by atoms with E-state index in [4.69, 9.17) is 21.1 Å². The van der Waals surface area contributed by atoms with Crippen molar-refractivity contribution in [3.8, 4) is 5.75 Å². The third-order valence-corrected chi connectivity index (χ3v) is 5.10. The Morgan fingerprint density at radius 2 is 1.89 bits per heavy atom. The van der Waals surface area contributed by atoms with Gasteiger partial charge in [-0.25, -0.2) is 8.42 Å². The van der Waals surface area contributed by atoms with E-state index in [0.717, 1.165) is 0 Å². The molecule has 7 nitrogen and oxygen atoms in total. The summed E-state index contributed by atoms with van der Waals surface area (Å²) in [4.78, 5) is 11.8. The molecule has 0 spiro atoms. The second kappa shape index (κ2) is 9.59. The highest BCUT2D eigenvalue weighted by molar-refractivity contribution is 7.92. The fraction of sp³-hybridized carbons (Fsp3) is 0.278. The van der Waals surface area contributed by atoms with Crippen LogP contribution in [0.4, 0.5) is 5.69 Å². The molecule has 2 aromatic carbocycles. The van der Waals surface area contributed by atoms with E-state index in [-0.39, 0.29) is 34.2 Å². The molecule has 9 heteroatoms. The first-order valence-corrected chi connectivity index (χ1v) is 9.96. The highest BCUT2D eigenvalue weighted by Crippen LogP contribution is 2.28. The number of benzene rings is 2. The Hall–Kier alpha value is -2.29. The number of carbonyl (C=O) groups excluding carboxylic acids is 1. The Bertz CT molecular complexity index is 875. The third kappa shape index (κ3) is 6.42. The molecule has 2 rings (SSSR count). The van der Waals surface area contributed by atoms with Gasteiger partial charge in [-0.3, -0.25) is 9.52 Å². The van der Waals surface area contributed by atoms with E-state index in [9.17, 15) is 13.2 Å². The number of sulfonamides is 1. The first-order chi connectivity index (χ1) is 12.8. The minimum atomic E-state index is -3.79. The number of nitrogens with one attached hydrogen (secondary N) is 2. The van der Waals surface area contributed by atoms with Gasteiger partial charge in [-0.05, 0) is 37.3 Å². The van der Waals surface area contributed by atoms with Crippen molar-refractivity contribution in [2.45, 2.75) is 17.9 Å². The molecule has 0 fully saturated rings. The molecule has 0 bridgehead atoms. The van der Waals surface area contributed by atoms with E-state index in [2.05, 4.69) is 10.0 Å². The lowest BCUT2D eigenvalue weighted by Gasteiger charge is -2.14. The second-order valence-electron chi connectivity index (χ2n) is 5.78. The lowest BCUT2D eigenvalue weighted by molar-refractivity contribution is -0.124. The maximum absolute atomic E-state index is 12.4. The van der Waals surface area contributed by atoms with Gasteiger partial charge in [0.15, 0.2) is 6.61 Å². The van der Waals surface area contributed by atoms with Gasteiger partial charge in [-0.1, -0.05) is 29.8 Å². The van der Waals surface area contributed by atoms with Crippen LogP contribution in [0.25, 0.3) is 0 Å². The van der Waals surface area contributed by atoms with Crippen molar-refractivity contribution in [3.05, 3.63) is 53.6 Å². The summed E-state index contributed by atoms with van der Waals surface area (Å²) in [6.07, 6.45) is 0. The van der Waals surface area contributed by atoms with Crippen LogP contribution in [0.15, 0.2) is 53.4 Å². The van der Waals surface area contributed by atoms with Crippen molar-refractivity contribution >= 4 is 33.2 Å². The molecule has 1 amide bonds. The molecule has 27 heavy (non-hydrogen) atoms. The van der Waals surface area contributed by atoms with Crippen molar-refractivity contribution in [1.29, 1.82) is 0 Å². The lowest BCUT2D eigenvalue weighted by Crippen LogP contribution is -2.38. The van der Waals surface area contributed by atoms with Gasteiger partial charge >= 0.3 is 0 Å².